The van der Waals surface area contributed by atoms with Crippen molar-refractivity contribution in [1.29, 1.82) is 0 Å². The van der Waals surface area contributed by atoms with Gasteiger partial charge in [0.1, 0.15) is 5.82 Å². The van der Waals surface area contributed by atoms with Crippen LogP contribution in [0.1, 0.15) is 30.3 Å². The second-order valence-corrected chi connectivity index (χ2v) is 10.0. The minimum absolute atomic E-state index is 0.0619. The van der Waals surface area contributed by atoms with Crippen molar-refractivity contribution in [3.63, 3.8) is 0 Å². The molecule has 0 radical (unpaired) electrons. The van der Waals surface area contributed by atoms with Gasteiger partial charge in [-0.2, -0.15) is 0 Å². The number of hydrogen-bond acceptors (Lipinski definition) is 6. The number of sulfone groups is 1. The van der Waals surface area contributed by atoms with Crippen molar-refractivity contribution in [3.8, 4) is 0 Å². The highest BCUT2D eigenvalue weighted by Gasteiger charge is 2.32. The predicted octanol–water partition coefficient (Wildman–Crippen LogP) is 2.35. The molecule has 1 saturated carbocycles. The highest BCUT2D eigenvalue weighted by molar-refractivity contribution is 7.99. The Hall–Kier alpha value is -2.13. The molecule has 1 aliphatic carbocycles. The minimum atomic E-state index is -3.25. The Balaban J connectivity index is 1.49. The first-order valence-corrected chi connectivity index (χ1v) is 11.9. The third-order valence-electron chi connectivity index (χ3n) is 4.90. The standard InChI is InChI=1S/C19H22N4O3S2/c1-14-20-21-19(23(14)16-7-8-16)27-12-18(24)22(11-15-5-3-2-4-6-15)17-9-10-28(25,26)13-17/h2-6,9-10,16-17H,7-8,11-13H2,1H3/t17-/m0/s1. The molecule has 0 unspecified atom stereocenters. The summed E-state index contributed by atoms with van der Waals surface area (Å²) in [7, 11) is -3.25. The predicted molar refractivity (Wildman–Crippen MR) is 107 cm³/mol. The fourth-order valence-electron chi connectivity index (χ4n) is 3.33. The van der Waals surface area contributed by atoms with Gasteiger partial charge < -0.3 is 9.47 Å². The molecule has 0 spiro atoms. The molecule has 2 aromatic rings. The van der Waals surface area contributed by atoms with E-state index in [1.165, 1.54) is 17.2 Å². The van der Waals surface area contributed by atoms with E-state index >= 15 is 0 Å². The van der Waals surface area contributed by atoms with Crippen LogP contribution in [0.2, 0.25) is 0 Å². The highest BCUT2D eigenvalue weighted by Crippen LogP contribution is 2.38. The zero-order chi connectivity index (χ0) is 19.7. The minimum Gasteiger partial charge on any atom is -0.330 e. The molecule has 1 aromatic heterocycles. The Morgan fingerprint density at radius 2 is 2.00 bits per heavy atom. The summed E-state index contributed by atoms with van der Waals surface area (Å²) in [5, 5.41) is 10.3. The van der Waals surface area contributed by atoms with E-state index < -0.39 is 15.9 Å². The number of thioether (sulfide) groups is 1. The maximum Gasteiger partial charge on any atom is 0.233 e. The Morgan fingerprint density at radius 3 is 2.64 bits per heavy atom. The lowest BCUT2D eigenvalue weighted by atomic mass is 10.2. The number of hydrogen-bond donors (Lipinski definition) is 0. The summed E-state index contributed by atoms with van der Waals surface area (Å²) in [6, 6.07) is 9.61. The summed E-state index contributed by atoms with van der Waals surface area (Å²) in [6.45, 7) is 2.30. The number of aromatic nitrogens is 3. The zero-order valence-corrected chi connectivity index (χ0v) is 17.2. The van der Waals surface area contributed by atoms with E-state index in [-0.39, 0.29) is 17.4 Å². The fraction of sp³-hybridized carbons (Fsp3) is 0.421. The molecule has 2 heterocycles. The Kier molecular flexibility index (Phi) is 5.29. The smallest absolute Gasteiger partial charge is 0.233 e. The van der Waals surface area contributed by atoms with E-state index in [1.54, 1.807) is 11.0 Å². The second-order valence-electron chi connectivity index (χ2n) is 7.15. The van der Waals surface area contributed by atoms with Gasteiger partial charge in [0.05, 0.1) is 17.5 Å². The van der Waals surface area contributed by atoms with Gasteiger partial charge in [0.15, 0.2) is 15.0 Å². The van der Waals surface area contributed by atoms with Crippen molar-refractivity contribution in [2.75, 3.05) is 11.5 Å². The molecule has 1 aromatic carbocycles. The van der Waals surface area contributed by atoms with Crippen LogP contribution in [0.15, 0.2) is 47.0 Å². The molecule has 7 nitrogen and oxygen atoms in total. The normalized spacial score (nSPS) is 20.4. The lowest BCUT2D eigenvalue weighted by Crippen LogP contribution is -2.41. The molecule has 1 fully saturated rings. The van der Waals surface area contributed by atoms with Crippen LogP contribution in [0.25, 0.3) is 0 Å². The third-order valence-corrected chi connectivity index (χ3v) is 7.21. The largest absolute Gasteiger partial charge is 0.330 e. The quantitative estimate of drug-likeness (QED) is 0.642. The first-order valence-electron chi connectivity index (χ1n) is 9.21. The van der Waals surface area contributed by atoms with Crippen molar-refractivity contribution in [2.45, 2.75) is 43.6 Å². The van der Waals surface area contributed by atoms with Crippen LogP contribution in [0.5, 0.6) is 0 Å². The van der Waals surface area contributed by atoms with Crippen LogP contribution in [0, 0.1) is 6.92 Å². The SMILES string of the molecule is Cc1nnc(SCC(=O)N(Cc2ccccc2)[C@H]2C=CS(=O)(=O)C2)n1C1CC1. The van der Waals surface area contributed by atoms with Crippen molar-refractivity contribution >= 4 is 27.5 Å². The molecule has 9 heteroatoms. The summed E-state index contributed by atoms with van der Waals surface area (Å²) in [5.41, 5.74) is 0.968. The Labute approximate surface area is 168 Å². The number of amides is 1. The van der Waals surface area contributed by atoms with E-state index in [4.69, 9.17) is 0 Å². The number of nitrogens with zero attached hydrogens (tertiary/aromatic N) is 4. The molecule has 4 rings (SSSR count). The molecule has 148 valence electrons. The van der Waals surface area contributed by atoms with Crippen molar-refractivity contribution in [3.05, 3.63) is 53.2 Å². The number of benzene rings is 1. The van der Waals surface area contributed by atoms with Crippen LogP contribution in [-0.2, 0) is 21.2 Å². The van der Waals surface area contributed by atoms with E-state index in [0.29, 0.717) is 12.6 Å². The highest BCUT2D eigenvalue weighted by atomic mass is 32.2. The lowest BCUT2D eigenvalue weighted by molar-refractivity contribution is -0.130. The molecule has 28 heavy (non-hydrogen) atoms. The molecule has 0 N–H and O–H groups in total. The van der Waals surface area contributed by atoms with Gasteiger partial charge >= 0.3 is 0 Å². The van der Waals surface area contributed by atoms with Gasteiger partial charge in [0, 0.05) is 18.0 Å². The Bertz CT molecular complexity index is 997. The monoisotopic (exact) mass is 418 g/mol. The van der Waals surface area contributed by atoms with Crippen molar-refractivity contribution in [2.24, 2.45) is 0 Å². The molecule has 1 aliphatic heterocycles. The first-order chi connectivity index (χ1) is 13.4. The molecular formula is C19H22N4O3S2. The molecule has 1 amide bonds. The summed E-state index contributed by atoms with van der Waals surface area (Å²) >= 11 is 1.37. The van der Waals surface area contributed by atoms with Crippen LogP contribution in [0.3, 0.4) is 0 Å². The van der Waals surface area contributed by atoms with E-state index in [2.05, 4.69) is 14.8 Å². The summed E-state index contributed by atoms with van der Waals surface area (Å²) in [5.74, 6) is 0.891. The summed E-state index contributed by atoms with van der Waals surface area (Å²) < 4.78 is 25.9. The van der Waals surface area contributed by atoms with Crippen LogP contribution in [-0.4, -0.2) is 51.5 Å². The number of carbonyl (C=O) groups is 1. The van der Waals surface area contributed by atoms with Gasteiger partial charge in [-0.25, -0.2) is 8.42 Å². The first kappa shape index (κ1) is 19.2. The molecule has 0 bridgehead atoms. The van der Waals surface area contributed by atoms with Gasteiger partial charge in [0.2, 0.25) is 5.91 Å². The van der Waals surface area contributed by atoms with Gasteiger partial charge in [-0.15, -0.1) is 10.2 Å². The van der Waals surface area contributed by atoms with Gasteiger partial charge in [-0.3, -0.25) is 4.79 Å². The topological polar surface area (TPSA) is 85.2 Å². The van der Waals surface area contributed by atoms with Crippen LogP contribution >= 0.6 is 11.8 Å². The van der Waals surface area contributed by atoms with Crippen molar-refractivity contribution < 1.29 is 13.2 Å². The van der Waals surface area contributed by atoms with E-state index in [1.807, 2.05) is 37.3 Å². The molecule has 2 aliphatic rings. The molecular weight excluding hydrogens is 396 g/mol. The fourth-order valence-corrected chi connectivity index (χ4v) is 5.57. The molecule has 1 atom stereocenters. The zero-order valence-electron chi connectivity index (χ0n) is 15.6. The Morgan fingerprint density at radius 1 is 1.25 bits per heavy atom. The van der Waals surface area contributed by atoms with Crippen LogP contribution in [0.4, 0.5) is 0 Å². The van der Waals surface area contributed by atoms with E-state index in [0.717, 1.165) is 29.4 Å². The van der Waals surface area contributed by atoms with Crippen LogP contribution < -0.4 is 0 Å². The lowest BCUT2D eigenvalue weighted by Gasteiger charge is -2.27. The summed E-state index contributed by atoms with van der Waals surface area (Å²) in [6.07, 6.45) is 3.84. The molecule has 0 saturated heterocycles. The maximum atomic E-state index is 13.0. The average molecular weight is 419 g/mol. The summed E-state index contributed by atoms with van der Waals surface area (Å²) in [4.78, 5) is 14.7. The second kappa shape index (κ2) is 7.71. The number of aryl methyl sites for hydroxylation is 1. The maximum absolute atomic E-state index is 13.0. The number of carbonyl (C=O) groups excluding carboxylic acids is 1. The van der Waals surface area contributed by atoms with Gasteiger partial charge in [0.25, 0.3) is 0 Å². The van der Waals surface area contributed by atoms with Gasteiger partial charge in [-0.05, 0) is 31.4 Å². The van der Waals surface area contributed by atoms with E-state index in [9.17, 15) is 13.2 Å². The third kappa shape index (κ3) is 4.30. The average Bonchev–Trinajstić information content (AvgIpc) is 3.35. The van der Waals surface area contributed by atoms with Crippen molar-refractivity contribution in [1.82, 2.24) is 19.7 Å². The number of rotatable bonds is 7. The van der Waals surface area contributed by atoms with Gasteiger partial charge in [-0.1, -0.05) is 42.1 Å².